The molecule has 1 amide bonds. The number of ether oxygens (including phenoxy) is 1. The lowest BCUT2D eigenvalue weighted by Crippen LogP contribution is -2.20. The lowest BCUT2D eigenvalue weighted by molar-refractivity contribution is -0.118. The molecule has 0 bridgehead atoms. The number of carbonyl (C=O) groups is 1. The number of benzene rings is 2. The first-order valence-electron chi connectivity index (χ1n) is 6.80. The molecule has 0 saturated heterocycles. The number of aromatic nitrogens is 1. The zero-order valence-electron chi connectivity index (χ0n) is 12.2. The molecule has 3 rings (SSSR count). The molecule has 9 heteroatoms. The summed E-state index contributed by atoms with van der Waals surface area (Å²) in [6.07, 6.45) is 0. The molecule has 6 nitrogen and oxygen atoms in total. The van der Waals surface area contributed by atoms with Crippen LogP contribution in [0.5, 0.6) is 5.75 Å². The molecule has 24 heavy (non-hydrogen) atoms. The number of hydrogen-bond donors (Lipinski definition) is 3. The van der Waals surface area contributed by atoms with Crippen molar-refractivity contribution in [3.63, 3.8) is 0 Å². The standard InChI is InChI=1S/C15H12Cl2N4O2S/c16-9-3-1-2-4-11(9)23-7-13(22)19-8-5-10(17)14-12(6-8)24-15(20-14)21-18/h1-6H,7,18H2,(H,19,22)(H,20,21). The summed E-state index contributed by atoms with van der Waals surface area (Å²) in [7, 11) is 0. The van der Waals surface area contributed by atoms with Gasteiger partial charge in [0.2, 0.25) is 0 Å². The number of para-hydroxylation sites is 1. The normalized spacial score (nSPS) is 10.6. The van der Waals surface area contributed by atoms with E-state index in [4.69, 9.17) is 33.8 Å². The van der Waals surface area contributed by atoms with Crippen molar-refractivity contribution in [1.82, 2.24) is 4.98 Å². The Kier molecular flexibility index (Phi) is 5.06. The lowest BCUT2D eigenvalue weighted by Gasteiger charge is -2.09. The number of nitrogens with two attached hydrogens (primary N) is 1. The van der Waals surface area contributed by atoms with Crippen molar-refractivity contribution in [2.24, 2.45) is 5.84 Å². The van der Waals surface area contributed by atoms with Gasteiger partial charge in [0.05, 0.1) is 14.7 Å². The van der Waals surface area contributed by atoms with E-state index in [-0.39, 0.29) is 12.5 Å². The first kappa shape index (κ1) is 16.8. The Hall–Kier alpha value is -2.06. The van der Waals surface area contributed by atoms with E-state index in [0.717, 1.165) is 4.70 Å². The second-order valence-electron chi connectivity index (χ2n) is 4.74. The van der Waals surface area contributed by atoms with Gasteiger partial charge in [-0.1, -0.05) is 46.7 Å². The Labute approximate surface area is 151 Å². The SMILES string of the molecule is NNc1nc2c(Cl)cc(NC(=O)COc3ccccc3Cl)cc2s1. The number of nitrogens with one attached hydrogen (secondary N) is 2. The molecule has 0 fully saturated rings. The lowest BCUT2D eigenvalue weighted by atomic mass is 10.3. The van der Waals surface area contributed by atoms with E-state index in [1.807, 2.05) is 0 Å². The van der Waals surface area contributed by atoms with Crippen LogP contribution < -0.4 is 21.3 Å². The zero-order valence-corrected chi connectivity index (χ0v) is 14.5. The number of rotatable bonds is 5. The topological polar surface area (TPSA) is 89.3 Å². The predicted octanol–water partition coefficient (Wildman–Crippen LogP) is 3.91. The van der Waals surface area contributed by atoms with Crippen molar-refractivity contribution >= 4 is 61.5 Å². The van der Waals surface area contributed by atoms with Crippen LogP contribution in [0.1, 0.15) is 0 Å². The van der Waals surface area contributed by atoms with Gasteiger partial charge in [0.1, 0.15) is 11.3 Å². The Morgan fingerprint density at radius 1 is 1.25 bits per heavy atom. The van der Waals surface area contributed by atoms with Gasteiger partial charge in [-0.3, -0.25) is 10.2 Å². The van der Waals surface area contributed by atoms with E-state index in [1.54, 1.807) is 36.4 Å². The van der Waals surface area contributed by atoms with E-state index >= 15 is 0 Å². The maximum atomic E-state index is 12.0. The summed E-state index contributed by atoms with van der Waals surface area (Å²) in [6, 6.07) is 10.3. The van der Waals surface area contributed by atoms with Crippen LogP contribution in [0.2, 0.25) is 10.0 Å². The minimum absolute atomic E-state index is 0.169. The maximum Gasteiger partial charge on any atom is 0.262 e. The Balaban J connectivity index is 1.70. The van der Waals surface area contributed by atoms with Crippen LogP contribution in [-0.4, -0.2) is 17.5 Å². The van der Waals surface area contributed by atoms with Crippen LogP contribution in [-0.2, 0) is 4.79 Å². The van der Waals surface area contributed by atoms with Crippen molar-refractivity contribution in [3.8, 4) is 5.75 Å². The van der Waals surface area contributed by atoms with Crippen LogP contribution in [0, 0.1) is 0 Å². The molecule has 0 atom stereocenters. The number of hydrogen-bond acceptors (Lipinski definition) is 6. The molecule has 0 aliphatic heterocycles. The fourth-order valence-corrected chi connectivity index (χ4v) is 3.37. The molecule has 0 aliphatic rings. The van der Waals surface area contributed by atoms with Crippen molar-refractivity contribution in [2.45, 2.75) is 0 Å². The van der Waals surface area contributed by atoms with Crippen molar-refractivity contribution in [1.29, 1.82) is 0 Å². The summed E-state index contributed by atoms with van der Waals surface area (Å²) in [5.41, 5.74) is 3.65. The largest absolute Gasteiger partial charge is 0.482 e. The third-order valence-corrected chi connectivity index (χ3v) is 4.59. The first-order valence-corrected chi connectivity index (χ1v) is 8.38. The summed E-state index contributed by atoms with van der Waals surface area (Å²) in [4.78, 5) is 16.3. The first-order chi connectivity index (χ1) is 11.6. The van der Waals surface area contributed by atoms with Gasteiger partial charge in [-0.05, 0) is 24.3 Å². The molecule has 0 aliphatic carbocycles. The Bertz CT molecular complexity index is 900. The molecule has 1 aromatic heterocycles. The average Bonchev–Trinajstić information content (AvgIpc) is 2.98. The molecule has 124 valence electrons. The molecule has 1 heterocycles. The molecular formula is C15H12Cl2N4O2S. The van der Waals surface area contributed by atoms with E-state index < -0.39 is 0 Å². The minimum atomic E-state index is -0.327. The smallest absolute Gasteiger partial charge is 0.262 e. The number of hydrazine groups is 1. The number of nitrogen functional groups attached to an aromatic ring is 1. The summed E-state index contributed by atoms with van der Waals surface area (Å²) >= 11 is 13.5. The van der Waals surface area contributed by atoms with Crippen LogP contribution in [0.15, 0.2) is 36.4 Å². The number of amides is 1. The second kappa shape index (κ2) is 7.23. The molecule has 0 spiro atoms. The predicted molar refractivity (Wildman–Crippen MR) is 98.0 cm³/mol. The van der Waals surface area contributed by atoms with Crippen LogP contribution in [0.25, 0.3) is 10.2 Å². The molecule has 0 unspecified atom stereocenters. The van der Waals surface area contributed by atoms with E-state index in [9.17, 15) is 4.79 Å². The van der Waals surface area contributed by atoms with Gasteiger partial charge >= 0.3 is 0 Å². The van der Waals surface area contributed by atoms with Gasteiger partial charge in [0.15, 0.2) is 11.7 Å². The second-order valence-corrected chi connectivity index (χ2v) is 6.58. The van der Waals surface area contributed by atoms with Crippen LogP contribution in [0.4, 0.5) is 10.8 Å². The highest BCUT2D eigenvalue weighted by Gasteiger charge is 2.11. The fraction of sp³-hybridized carbons (Fsp3) is 0.0667. The van der Waals surface area contributed by atoms with Gasteiger partial charge in [-0.25, -0.2) is 10.8 Å². The van der Waals surface area contributed by atoms with Crippen molar-refractivity contribution in [3.05, 3.63) is 46.4 Å². The Morgan fingerprint density at radius 3 is 2.79 bits per heavy atom. The number of carbonyl (C=O) groups excluding carboxylic acids is 1. The number of halogens is 2. The van der Waals surface area contributed by atoms with Gasteiger partial charge in [-0.15, -0.1) is 0 Å². The van der Waals surface area contributed by atoms with E-state index in [2.05, 4.69) is 15.7 Å². The average molecular weight is 383 g/mol. The molecule has 2 aromatic carbocycles. The highest BCUT2D eigenvalue weighted by atomic mass is 35.5. The van der Waals surface area contributed by atoms with Crippen molar-refractivity contribution in [2.75, 3.05) is 17.3 Å². The maximum absolute atomic E-state index is 12.0. The van der Waals surface area contributed by atoms with E-state index in [1.165, 1.54) is 11.3 Å². The summed E-state index contributed by atoms with van der Waals surface area (Å²) < 4.78 is 6.20. The zero-order chi connectivity index (χ0) is 17.1. The molecule has 4 N–H and O–H groups in total. The number of anilines is 2. The number of fused-ring (bicyclic) bond motifs is 1. The van der Waals surface area contributed by atoms with Gasteiger partial charge in [0, 0.05) is 5.69 Å². The highest BCUT2D eigenvalue weighted by Crippen LogP contribution is 2.33. The summed E-state index contributed by atoms with van der Waals surface area (Å²) in [5.74, 6) is 5.47. The van der Waals surface area contributed by atoms with Crippen molar-refractivity contribution < 1.29 is 9.53 Å². The monoisotopic (exact) mass is 382 g/mol. The fourth-order valence-electron chi connectivity index (χ4n) is 2.02. The quantitative estimate of drug-likeness (QED) is 0.459. The molecule has 0 radical (unpaired) electrons. The molecule has 3 aromatic rings. The number of nitrogens with zero attached hydrogens (tertiary/aromatic N) is 1. The molecular weight excluding hydrogens is 371 g/mol. The molecule has 0 saturated carbocycles. The Morgan fingerprint density at radius 2 is 2.04 bits per heavy atom. The van der Waals surface area contributed by atoms with Crippen LogP contribution >= 0.6 is 34.5 Å². The minimum Gasteiger partial charge on any atom is -0.482 e. The summed E-state index contributed by atoms with van der Waals surface area (Å²) in [5, 5.41) is 4.14. The highest BCUT2D eigenvalue weighted by molar-refractivity contribution is 7.22. The summed E-state index contributed by atoms with van der Waals surface area (Å²) in [6.45, 7) is -0.169. The van der Waals surface area contributed by atoms with Gasteiger partial charge < -0.3 is 10.1 Å². The third-order valence-electron chi connectivity index (χ3n) is 3.05. The van der Waals surface area contributed by atoms with Gasteiger partial charge in [-0.2, -0.15) is 0 Å². The third kappa shape index (κ3) is 3.70. The van der Waals surface area contributed by atoms with Gasteiger partial charge in [0.25, 0.3) is 5.91 Å². The van der Waals surface area contributed by atoms with Crippen LogP contribution in [0.3, 0.4) is 0 Å². The number of thiazole rings is 1. The van der Waals surface area contributed by atoms with E-state index in [0.29, 0.717) is 32.1 Å².